The lowest BCUT2D eigenvalue weighted by atomic mass is 10.1. The van der Waals surface area contributed by atoms with Crippen molar-refractivity contribution in [1.29, 1.82) is 0 Å². The monoisotopic (exact) mass is 414 g/mol. The molecule has 0 bridgehead atoms. The zero-order chi connectivity index (χ0) is 21.2. The predicted octanol–water partition coefficient (Wildman–Crippen LogP) is 2.69. The number of aromatic amines is 1. The number of primary amides is 1. The first-order chi connectivity index (χ1) is 13.7. The Bertz CT molecular complexity index is 1130. The molecule has 0 aliphatic carbocycles. The Morgan fingerprint density at radius 3 is 2.28 bits per heavy atom. The van der Waals surface area contributed by atoms with Crippen LogP contribution in [0.5, 0.6) is 0 Å². The zero-order valence-electron chi connectivity index (χ0n) is 16.3. The first-order valence-corrected chi connectivity index (χ1v) is 10.5. The molecule has 0 fully saturated rings. The number of hydrogen-bond donors (Lipinski definition) is 4. The number of amides is 1. The second-order valence-corrected chi connectivity index (χ2v) is 8.54. The van der Waals surface area contributed by atoms with E-state index in [2.05, 4.69) is 25.2 Å². The quantitative estimate of drug-likeness (QED) is 0.468. The summed E-state index contributed by atoms with van der Waals surface area (Å²) in [6.07, 6.45) is 0. The maximum Gasteiger partial charge on any atom is 0.254 e. The van der Waals surface area contributed by atoms with Gasteiger partial charge in [0.25, 0.3) is 5.91 Å². The van der Waals surface area contributed by atoms with Gasteiger partial charge in [-0.25, -0.2) is 8.42 Å². The molecule has 3 aromatic rings. The van der Waals surface area contributed by atoms with Crippen molar-refractivity contribution in [3.05, 3.63) is 53.3 Å². The largest absolute Gasteiger partial charge is 0.365 e. The first-order valence-electron chi connectivity index (χ1n) is 8.90. The molecule has 1 amide bonds. The van der Waals surface area contributed by atoms with E-state index in [-0.39, 0.29) is 11.3 Å². The molecule has 10 heteroatoms. The molecule has 1 aromatic carbocycles. The number of anilines is 3. The molecule has 152 valence electrons. The molecule has 29 heavy (non-hydrogen) atoms. The highest BCUT2D eigenvalue weighted by Gasteiger charge is 2.20. The predicted molar refractivity (Wildman–Crippen MR) is 113 cm³/mol. The van der Waals surface area contributed by atoms with Crippen LogP contribution in [0.15, 0.2) is 36.4 Å². The number of sulfonamides is 1. The van der Waals surface area contributed by atoms with Crippen molar-refractivity contribution >= 4 is 33.1 Å². The van der Waals surface area contributed by atoms with Crippen molar-refractivity contribution in [3.63, 3.8) is 0 Å². The van der Waals surface area contributed by atoms with E-state index in [1.165, 1.54) is 0 Å². The van der Waals surface area contributed by atoms with Crippen LogP contribution in [0.25, 0.3) is 11.3 Å². The van der Waals surface area contributed by atoms with Gasteiger partial charge >= 0.3 is 0 Å². The number of nitrogens with one attached hydrogen (secondary N) is 3. The second kappa shape index (κ2) is 7.92. The third-order valence-corrected chi connectivity index (χ3v) is 5.48. The molecule has 3 rings (SSSR count). The van der Waals surface area contributed by atoms with Gasteiger partial charge in [-0.15, -0.1) is 0 Å². The number of hydrogen-bond acceptors (Lipinski definition) is 6. The summed E-state index contributed by atoms with van der Waals surface area (Å²) in [5, 5.41) is 10.2. The summed E-state index contributed by atoms with van der Waals surface area (Å²) in [6, 6.07) is 10.2. The smallest absolute Gasteiger partial charge is 0.254 e. The molecule has 2 aromatic heterocycles. The highest BCUT2D eigenvalue weighted by atomic mass is 32.2. The summed E-state index contributed by atoms with van der Waals surface area (Å²) in [5.74, 6) is -0.300. The molecule has 2 heterocycles. The Morgan fingerprint density at radius 1 is 1.10 bits per heavy atom. The molecule has 0 saturated carbocycles. The first kappa shape index (κ1) is 20.3. The number of benzene rings is 1. The number of carbonyl (C=O) groups excluding carboxylic acids is 1. The molecular formula is C19H22N6O3S. The molecule has 0 radical (unpaired) electrons. The van der Waals surface area contributed by atoms with E-state index in [9.17, 15) is 13.2 Å². The van der Waals surface area contributed by atoms with E-state index < -0.39 is 15.9 Å². The highest BCUT2D eigenvalue weighted by Crippen LogP contribution is 2.29. The minimum Gasteiger partial charge on any atom is -0.365 e. The van der Waals surface area contributed by atoms with E-state index in [1.54, 1.807) is 31.2 Å². The van der Waals surface area contributed by atoms with Crippen molar-refractivity contribution in [3.8, 4) is 11.3 Å². The summed E-state index contributed by atoms with van der Waals surface area (Å²) in [4.78, 5) is 16.4. The van der Waals surface area contributed by atoms with Crippen molar-refractivity contribution in [1.82, 2.24) is 15.2 Å². The van der Waals surface area contributed by atoms with Gasteiger partial charge in [0.15, 0.2) is 0 Å². The lowest BCUT2D eigenvalue weighted by Crippen LogP contribution is -2.14. The van der Waals surface area contributed by atoms with Gasteiger partial charge in [0, 0.05) is 28.3 Å². The number of aromatic nitrogens is 3. The van der Waals surface area contributed by atoms with Crippen LogP contribution in [0.4, 0.5) is 17.2 Å². The van der Waals surface area contributed by atoms with Gasteiger partial charge in [-0.1, -0.05) is 12.1 Å². The number of nitrogens with zero attached hydrogens (tertiary/aromatic N) is 2. The molecule has 0 saturated heterocycles. The molecule has 0 aliphatic heterocycles. The number of pyridine rings is 1. The van der Waals surface area contributed by atoms with E-state index >= 15 is 0 Å². The normalized spacial score (nSPS) is 11.3. The third-order valence-electron chi connectivity index (χ3n) is 4.18. The van der Waals surface area contributed by atoms with Crippen LogP contribution in [0.1, 0.15) is 28.7 Å². The Hall–Kier alpha value is -3.40. The Kier molecular flexibility index (Phi) is 5.55. The van der Waals surface area contributed by atoms with Gasteiger partial charge in [0.05, 0.1) is 5.75 Å². The average molecular weight is 414 g/mol. The van der Waals surface area contributed by atoms with E-state index in [4.69, 9.17) is 5.73 Å². The Morgan fingerprint density at radius 2 is 1.72 bits per heavy atom. The molecular weight excluding hydrogens is 392 g/mol. The molecule has 9 nitrogen and oxygen atoms in total. The third kappa shape index (κ3) is 4.72. The number of rotatable bonds is 7. The molecule has 0 unspecified atom stereocenters. The number of nitrogens with two attached hydrogens (primary N) is 1. The maximum absolute atomic E-state index is 12.1. The van der Waals surface area contributed by atoms with Crippen LogP contribution in [0.2, 0.25) is 0 Å². The van der Waals surface area contributed by atoms with Crippen molar-refractivity contribution < 1.29 is 13.2 Å². The fourth-order valence-corrected chi connectivity index (χ4v) is 3.52. The lowest BCUT2D eigenvalue weighted by Gasteiger charge is -2.09. The van der Waals surface area contributed by atoms with Gasteiger partial charge in [-0.2, -0.15) is 5.10 Å². The fraction of sp³-hybridized carbons (Fsp3) is 0.211. The summed E-state index contributed by atoms with van der Waals surface area (Å²) in [5.41, 5.74) is 9.62. The van der Waals surface area contributed by atoms with Gasteiger partial charge in [0.1, 0.15) is 17.1 Å². The Balaban J connectivity index is 1.93. The lowest BCUT2D eigenvalue weighted by molar-refractivity contribution is 0.100. The van der Waals surface area contributed by atoms with Crippen molar-refractivity contribution in [2.24, 2.45) is 5.73 Å². The van der Waals surface area contributed by atoms with Gasteiger partial charge in [-0.05, 0) is 45.0 Å². The molecule has 0 aliphatic rings. The minimum atomic E-state index is -3.37. The highest BCUT2D eigenvalue weighted by molar-refractivity contribution is 7.92. The summed E-state index contributed by atoms with van der Waals surface area (Å²) in [7, 11) is -3.37. The van der Waals surface area contributed by atoms with Crippen LogP contribution >= 0.6 is 0 Å². The summed E-state index contributed by atoms with van der Waals surface area (Å²) in [6.45, 7) is 5.31. The van der Waals surface area contributed by atoms with E-state index in [0.717, 1.165) is 17.1 Å². The average Bonchev–Trinajstić information content (AvgIpc) is 3.05. The zero-order valence-corrected chi connectivity index (χ0v) is 17.1. The SMILES string of the molecule is CCS(=O)(=O)Nc1ccc(-c2n[nH]c(Nc3cc(C)nc(C)c3)c2C(N)=O)cc1. The number of carbonyl (C=O) groups is 1. The summed E-state index contributed by atoms with van der Waals surface area (Å²) < 4.78 is 25.8. The number of H-pyrrole nitrogens is 1. The maximum atomic E-state index is 12.1. The standard InChI is InChI=1S/C19H22N6O3S/c1-4-29(27,28)25-14-7-5-13(6-8-14)17-16(18(20)26)19(24-23-17)22-15-9-11(2)21-12(3)10-15/h5-10,25H,4H2,1-3H3,(H2,20,26)(H2,21,22,23,24). The van der Waals surface area contributed by atoms with Crippen molar-refractivity contribution in [2.45, 2.75) is 20.8 Å². The van der Waals surface area contributed by atoms with Crippen LogP contribution in [-0.4, -0.2) is 35.3 Å². The van der Waals surface area contributed by atoms with Crippen LogP contribution in [0, 0.1) is 13.8 Å². The van der Waals surface area contributed by atoms with Crippen LogP contribution in [-0.2, 0) is 10.0 Å². The minimum absolute atomic E-state index is 0.0249. The van der Waals surface area contributed by atoms with E-state index in [0.29, 0.717) is 22.8 Å². The fourth-order valence-electron chi connectivity index (χ4n) is 2.88. The number of aryl methyl sites for hydroxylation is 2. The van der Waals surface area contributed by atoms with Gasteiger partial charge in [0.2, 0.25) is 10.0 Å². The summed E-state index contributed by atoms with van der Waals surface area (Å²) >= 11 is 0. The van der Waals surface area contributed by atoms with Gasteiger partial charge < -0.3 is 11.1 Å². The van der Waals surface area contributed by atoms with E-state index in [1.807, 2.05) is 26.0 Å². The topological polar surface area (TPSA) is 143 Å². The van der Waals surface area contributed by atoms with Crippen LogP contribution < -0.4 is 15.8 Å². The second-order valence-electron chi connectivity index (χ2n) is 6.53. The molecule has 5 N–H and O–H groups in total. The molecule has 0 spiro atoms. The Labute approximate surface area is 168 Å². The van der Waals surface area contributed by atoms with Gasteiger partial charge in [-0.3, -0.25) is 19.6 Å². The van der Waals surface area contributed by atoms with Crippen molar-refractivity contribution in [2.75, 3.05) is 15.8 Å². The van der Waals surface area contributed by atoms with Crippen LogP contribution in [0.3, 0.4) is 0 Å². The molecule has 0 atom stereocenters.